The van der Waals surface area contributed by atoms with Crippen LogP contribution in [0.5, 0.6) is 0 Å². The largest absolute Gasteiger partial charge is 0.457 e. The molecule has 0 unspecified atom stereocenters. The zero-order valence-electron chi connectivity index (χ0n) is 7.78. The molecule has 0 fully saturated rings. The molecule has 13 heavy (non-hydrogen) atoms. The molecule has 0 aromatic carbocycles. The lowest BCUT2D eigenvalue weighted by Gasteiger charge is -1.96. The van der Waals surface area contributed by atoms with Gasteiger partial charge in [-0.15, -0.1) is 0 Å². The normalized spacial score (nSPS) is 12.0. The second-order valence-electron chi connectivity index (χ2n) is 2.59. The van der Waals surface area contributed by atoms with E-state index in [-0.39, 0.29) is 0 Å². The van der Waals surface area contributed by atoms with Crippen molar-refractivity contribution in [3.05, 3.63) is 23.7 Å². The summed E-state index contributed by atoms with van der Waals surface area (Å²) in [5.41, 5.74) is 0.461. The van der Waals surface area contributed by atoms with E-state index in [4.69, 9.17) is 14.4 Å². The molecule has 0 atom stereocenters. The van der Waals surface area contributed by atoms with E-state index in [1.54, 1.807) is 19.1 Å². The number of furan rings is 1. The Balaban J connectivity index is 2.64. The number of hydrogen-bond acceptors (Lipinski definition) is 4. The molecule has 1 aromatic rings. The number of oxime groups is 1. The number of ether oxygens (including phenoxy) is 1. The quantitative estimate of drug-likeness (QED) is 0.441. The maximum Gasteiger partial charge on any atom is 0.151 e. The summed E-state index contributed by atoms with van der Waals surface area (Å²) in [4.78, 5) is 0. The summed E-state index contributed by atoms with van der Waals surface area (Å²) < 4.78 is 10.5. The van der Waals surface area contributed by atoms with Gasteiger partial charge in [-0.25, -0.2) is 0 Å². The van der Waals surface area contributed by atoms with Crippen molar-refractivity contribution < 1.29 is 14.4 Å². The van der Waals surface area contributed by atoms with Gasteiger partial charge in [0, 0.05) is 6.61 Å². The lowest BCUT2D eigenvalue weighted by Crippen LogP contribution is -1.92. The van der Waals surface area contributed by atoms with E-state index >= 15 is 0 Å². The molecular formula is C9H13NO3. The molecule has 0 aliphatic rings. The Morgan fingerprint density at radius 3 is 3.00 bits per heavy atom. The fraction of sp³-hybridized carbons (Fsp3) is 0.444. The first-order valence-electron chi connectivity index (χ1n) is 4.13. The molecule has 1 N–H and O–H groups in total. The fourth-order valence-corrected chi connectivity index (χ4v) is 0.902. The van der Waals surface area contributed by atoms with Crippen LogP contribution in [0, 0.1) is 0 Å². The van der Waals surface area contributed by atoms with Gasteiger partial charge in [-0.1, -0.05) is 5.16 Å². The minimum absolute atomic E-state index is 0.454. The molecule has 4 nitrogen and oxygen atoms in total. The highest BCUT2D eigenvalue weighted by atomic mass is 16.5. The van der Waals surface area contributed by atoms with Crippen molar-refractivity contribution in [2.75, 3.05) is 6.61 Å². The first-order valence-corrected chi connectivity index (χ1v) is 4.13. The SMILES string of the molecule is CCOCc1ccc(/C(C)=N/O)o1. The summed E-state index contributed by atoms with van der Waals surface area (Å²) >= 11 is 0. The molecular weight excluding hydrogens is 170 g/mol. The van der Waals surface area contributed by atoms with Gasteiger partial charge in [0.1, 0.15) is 18.1 Å². The number of nitrogens with zero attached hydrogens (tertiary/aromatic N) is 1. The Morgan fingerprint density at radius 2 is 2.38 bits per heavy atom. The van der Waals surface area contributed by atoms with Crippen molar-refractivity contribution in [2.24, 2.45) is 5.16 Å². The first-order chi connectivity index (χ1) is 6.27. The molecule has 0 spiro atoms. The fourth-order valence-electron chi connectivity index (χ4n) is 0.902. The Morgan fingerprint density at radius 1 is 1.62 bits per heavy atom. The molecule has 1 aromatic heterocycles. The molecule has 4 heteroatoms. The van der Waals surface area contributed by atoms with E-state index in [2.05, 4.69) is 5.16 Å². The predicted molar refractivity (Wildman–Crippen MR) is 48.0 cm³/mol. The van der Waals surface area contributed by atoms with Crippen molar-refractivity contribution in [2.45, 2.75) is 20.5 Å². The monoisotopic (exact) mass is 183 g/mol. The average Bonchev–Trinajstić information content (AvgIpc) is 2.62. The Hall–Kier alpha value is -1.29. The van der Waals surface area contributed by atoms with E-state index < -0.39 is 0 Å². The molecule has 0 saturated heterocycles. The van der Waals surface area contributed by atoms with Crippen LogP contribution in [0.2, 0.25) is 0 Å². The maximum absolute atomic E-state index is 8.47. The maximum atomic E-state index is 8.47. The lowest BCUT2D eigenvalue weighted by atomic mass is 10.3. The molecule has 0 bridgehead atoms. The standard InChI is InChI=1S/C9H13NO3/c1-3-12-6-8-4-5-9(13-8)7(2)10-11/h4-5,11H,3,6H2,1-2H3/b10-7+. The van der Waals surface area contributed by atoms with Gasteiger partial charge in [0.25, 0.3) is 0 Å². The van der Waals surface area contributed by atoms with Gasteiger partial charge in [-0.2, -0.15) is 0 Å². The Bertz CT molecular complexity index is 291. The Kier molecular flexibility index (Phi) is 3.52. The second kappa shape index (κ2) is 4.67. The van der Waals surface area contributed by atoms with Gasteiger partial charge in [0.15, 0.2) is 5.76 Å². The lowest BCUT2D eigenvalue weighted by molar-refractivity contribution is 0.118. The van der Waals surface area contributed by atoms with Gasteiger partial charge in [0.05, 0.1) is 0 Å². The van der Waals surface area contributed by atoms with Crippen molar-refractivity contribution in [1.82, 2.24) is 0 Å². The highest BCUT2D eigenvalue weighted by Gasteiger charge is 2.04. The minimum atomic E-state index is 0.454. The third-order valence-corrected chi connectivity index (χ3v) is 1.62. The smallest absolute Gasteiger partial charge is 0.151 e. The number of rotatable bonds is 4. The third-order valence-electron chi connectivity index (χ3n) is 1.62. The molecule has 0 aliphatic carbocycles. The molecule has 0 radical (unpaired) electrons. The summed E-state index contributed by atoms with van der Waals surface area (Å²) in [7, 11) is 0. The van der Waals surface area contributed by atoms with E-state index in [1.165, 1.54) is 0 Å². The van der Waals surface area contributed by atoms with Crippen molar-refractivity contribution in [3.8, 4) is 0 Å². The Labute approximate surface area is 76.8 Å². The summed E-state index contributed by atoms with van der Waals surface area (Å²) in [6, 6.07) is 3.56. The molecule has 0 saturated carbocycles. The average molecular weight is 183 g/mol. The van der Waals surface area contributed by atoms with E-state index in [1.807, 2.05) is 6.92 Å². The van der Waals surface area contributed by atoms with E-state index in [9.17, 15) is 0 Å². The molecule has 0 aliphatic heterocycles. The second-order valence-corrected chi connectivity index (χ2v) is 2.59. The molecule has 1 heterocycles. The van der Waals surface area contributed by atoms with Gasteiger partial charge < -0.3 is 14.4 Å². The van der Waals surface area contributed by atoms with Gasteiger partial charge in [-0.3, -0.25) is 0 Å². The van der Waals surface area contributed by atoms with Gasteiger partial charge in [-0.05, 0) is 26.0 Å². The minimum Gasteiger partial charge on any atom is -0.457 e. The third kappa shape index (κ3) is 2.59. The molecule has 0 amide bonds. The summed E-state index contributed by atoms with van der Waals surface area (Å²) in [5, 5.41) is 11.5. The molecule has 1 rings (SSSR count). The number of hydrogen-bond donors (Lipinski definition) is 1. The highest BCUT2D eigenvalue weighted by Crippen LogP contribution is 2.09. The van der Waals surface area contributed by atoms with Gasteiger partial charge >= 0.3 is 0 Å². The van der Waals surface area contributed by atoms with E-state index in [0.717, 1.165) is 5.76 Å². The van der Waals surface area contributed by atoms with Gasteiger partial charge in [0.2, 0.25) is 0 Å². The predicted octanol–water partition coefficient (Wildman–Crippen LogP) is 2.01. The zero-order chi connectivity index (χ0) is 9.68. The van der Waals surface area contributed by atoms with E-state index in [0.29, 0.717) is 24.7 Å². The van der Waals surface area contributed by atoms with Crippen molar-refractivity contribution in [1.29, 1.82) is 0 Å². The van der Waals surface area contributed by atoms with Crippen LogP contribution in [0.4, 0.5) is 0 Å². The molecule has 72 valence electrons. The van der Waals surface area contributed by atoms with Crippen LogP contribution in [0.1, 0.15) is 25.4 Å². The van der Waals surface area contributed by atoms with Crippen LogP contribution < -0.4 is 0 Å². The zero-order valence-corrected chi connectivity index (χ0v) is 7.78. The first kappa shape index (κ1) is 9.80. The van der Waals surface area contributed by atoms with Crippen LogP contribution >= 0.6 is 0 Å². The van der Waals surface area contributed by atoms with Crippen LogP contribution in [0.15, 0.2) is 21.7 Å². The topological polar surface area (TPSA) is 55.0 Å². The van der Waals surface area contributed by atoms with Crippen molar-refractivity contribution in [3.63, 3.8) is 0 Å². The van der Waals surface area contributed by atoms with Crippen molar-refractivity contribution >= 4 is 5.71 Å². The highest BCUT2D eigenvalue weighted by molar-refractivity contribution is 5.95. The van der Waals surface area contributed by atoms with Crippen LogP contribution in [0.3, 0.4) is 0 Å². The summed E-state index contributed by atoms with van der Waals surface area (Å²) in [5.74, 6) is 1.30. The summed E-state index contributed by atoms with van der Waals surface area (Å²) in [6.45, 7) is 4.70. The van der Waals surface area contributed by atoms with Crippen LogP contribution in [-0.4, -0.2) is 17.5 Å². The summed E-state index contributed by atoms with van der Waals surface area (Å²) in [6.07, 6.45) is 0. The van der Waals surface area contributed by atoms with Crippen LogP contribution in [-0.2, 0) is 11.3 Å². The van der Waals surface area contributed by atoms with Crippen LogP contribution in [0.25, 0.3) is 0 Å².